The molecule has 3 rings (SSSR count). The number of nitrogen functional groups attached to an aromatic ring is 1. The summed E-state index contributed by atoms with van der Waals surface area (Å²) < 4.78 is 2.07. The Bertz CT molecular complexity index is 741. The molecule has 0 unspecified atom stereocenters. The number of hydrogen-bond acceptors (Lipinski definition) is 3. The fourth-order valence-corrected chi connectivity index (χ4v) is 3.88. The first-order chi connectivity index (χ1) is 11.5. The molecular weight excluding hydrogens is 296 g/mol. The van der Waals surface area contributed by atoms with Crippen molar-refractivity contribution in [1.29, 1.82) is 5.26 Å². The van der Waals surface area contributed by atoms with Crippen LogP contribution in [0.15, 0.2) is 30.3 Å². The van der Waals surface area contributed by atoms with Gasteiger partial charge >= 0.3 is 0 Å². The van der Waals surface area contributed by atoms with Gasteiger partial charge in [0.05, 0.1) is 12.2 Å². The van der Waals surface area contributed by atoms with Crippen LogP contribution in [0.4, 0.5) is 11.5 Å². The van der Waals surface area contributed by atoms with E-state index in [-0.39, 0.29) is 0 Å². The number of nitriles is 1. The van der Waals surface area contributed by atoms with E-state index in [9.17, 15) is 5.26 Å². The van der Waals surface area contributed by atoms with Crippen molar-refractivity contribution in [1.82, 2.24) is 4.57 Å². The van der Waals surface area contributed by atoms with E-state index in [0.29, 0.717) is 29.8 Å². The molecule has 1 saturated heterocycles. The van der Waals surface area contributed by atoms with Crippen LogP contribution in [-0.2, 0) is 6.54 Å². The number of benzene rings is 1. The summed E-state index contributed by atoms with van der Waals surface area (Å²) in [6.45, 7) is 9.33. The number of rotatable bonds is 3. The highest BCUT2D eigenvalue weighted by Crippen LogP contribution is 2.33. The zero-order valence-electron chi connectivity index (χ0n) is 14.8. The summed E-state index contributed by atoms with van der Waals surface area (Å²) >= 11 is 0. The third kappa shape index (κ3) is 3.26. The smallest absolute Gasteiger partial charge is 0.133 e. The van der Waals surface area contributed by atoms with Crippen molar-refractivity contribution in [2.45, 2.75) is 33.7 Å². The van der Waals surface area contributed by atoms with Crippen molar-refractivity contribution >= 4 is 11.5 Å². The molecule has 1 aromatic carbocycles. The van der Waals surface area contributed by atoms with Gasteiger partial charge in [-0.05, 0) is 36.8 Å². The zero-order valence-corrected chi connectivity index (χ0v) is 14.8. The van der Waals surface area contributed by atoms with Crippen molar-refractivity contribution in [3.05, 3.63) is 47.2 Å². The molecule has 1 fully saturated rings. The Kier molecular flexibility index (Phi) is 4.53. The maximum Gasteiger partial charge on any atom is 0.133 e. The van der Waals surface area contributed by atoms with Crippen molar-refractivity contribution < 1.29 is 0 Å². The Morgan fingerprint density at radius 3 is 2.38 bits per heavy atom. The summed E-state index contributed by atoms with van der Waals surface area (Å²) in [5.41, 5.74) is 10.1. The number of piperidine rings is 1. The van der Waals surface area contributed by atoms with E-state index in [2.05, 4.69) is 60.6 Å². The monoisotopic (exact) mass is 322 g/mol. The Hall–Kier alpha value is -2.41. The molecule has 0 bridgehead atoms. The molecule has 0 spiro atoms. The topological polar surface area (TPSA) is 58.0 Å². The van der Waals surface area contributed by atoms with E-state index in [1.807, 2.05) is 6.07 Å². The number of nitrogens with two attached hydrogens (primary N) is 1. The standard InChI is InChI=1S/C20H26N4/c1-14-4-6-17(7-5-14)13-24-18(10-21)9-19(22)20(24)23-11-15(2)8-16(3)12-23/h4-7,9,15-16H,8,11-13,22H2,1-3H3/t15-,16-/m1/s1. The van der Waals surface area contributed by atoms with Crippen molar-refractivity contribution in [3.8, 4) is 6.07 Å². The van der Waals surface area contributed by atoms with Gasteiger partial charge in [-0.2, -0.15) is 5.26 Å². The second-order valence-corrected chi connectivity index (χ2v) is 7.34. The van der Waals surface area contributed by atoms with Crippen molar-refractivity contribution in [2.24, 2.45) is 11.8 Å². The summed E-state index contributed by atoms with van der Waals surface area (Å²) in [7, 11) is 0. The lowest BCUT2D eigenvalue weighted by Gasteiger charge is -2.37. The van der Waals surface area contributed by atoms with Crippen LogP contribution in [0.1, 0.15) is 37.1 Å². The second kappa shape index (κ2) is 6.60. The Morgan fingerprint density at radius 2 is 1.79 bits per heavy atom. The lowest BCUT2D eigenvalue weighted by atomic mass is 9.92. The highest BCUT2D eigenvalue weighted by Gasteiger charge is 2.26. The van der Waals surface area contributed by atoms with Crippen LogP contribution in [0.5, 0.6) is 0 Å². The molecule has 24 heavy (non-hydrogen) atoms. The lowest BCUT2D eigenvalue weighted by molar-refractivity contribution is 0.353. The van der Waals surface area contributed by atoms with E-state index in [1.165, 1.54) is 17.5 Å². The van der Waals surface area contributed by atoms with Crippen LogP contribution in [0.3, 0.4) is 0 Å². The van der Waals surface area contributed by atoms with E-state index < -0.39 is 0 Å². The molecule has 1 aromatic heterocycles. The van der Waals surface area contributed by atoms with Crippen molar-refractivity contribution in [2.75, 3.05) is 23.7 Å². The Balaban J connectivity index is 1.98. The summed E-state index contributed by atoms with van der Waals surface area (Å²) in [5, 5.41) is 9.54. The molecule has 0 radical (unpaired) electrons. The molecule has 1 aliphatic rings. The van der Waals surface area contributed by atoms with Gasteiger partial charge in [-0.15, -0.1) is 0 Å². The largest absolute Gasteiger partial charge is 0.396 e. The average Bonchev–Trinajstić information content (AvgIpc) is 2.84. The van der Waals surface area contributed by atoms with Gasteiger partial charge in [-0.1, -0.05) is 43.7 Å². The third-order valence-corrected chi connectivity index (χ3v) is 4.84. The van der Waals surface area contributed by atoms with E-state index in [0.717, 1.165) is 18.9 Å². The van der Waals surface area contributed by atoms with Crippen LogP contribution in [0.2, 0.25) is 0 Å². The van der Waals surface area contributed by atoms with Crippen LogP contribution in [0.25, 0.3) is 0 Å². The first-order valence-electron chi connectivity index (χ1n) is 8.67. The minimum atomic E-state index is 0.633. The maximum atomic E-state index is 9.54. The summed E-state index contributed by atoms with van der Waals surface area (Å²) in [5.74, 6) is 2.29. The molecule has 2 aromatic rings. The molecule has 0 saturated carbocycles. The third-order valence-electron chi connectivity index (χ3n) is 4.84. The fraction of sp³-hybridized carbons (Fsp3) is 0.450. The summed E-state index contributed by atoms with van der Waals surface area (Å²) in [4.78, 5) is 2.36. The van der Waals surface area contributed by atoms with Gasteiger partial charge in [-0.25, -0.2) is 0 Å². The zero-order chi connectivity index (χ0) is 17.3. The van der Waals surface area contributed by atoms with Crippen molar-refractivity contribution in [3.63, 3.8) is 0 Å². The van der Waals surface area contributed by atoms with Gasteiger partial charge in [-0.3, -0.25) is 0 Å². The number of aryl methyl sites for hydroxylation is 1. The van der Waals surface area contributed by atoms with Gasteiger partial charge < -0.3 is 15.2 Å². The molecule has 2 N–H and O–H groups in total. The Morgan fingerprint density at radius 1 is 1.17 bits per heavy atom. The van der Waals surface area contributed by atoms with Crippen LogP contribution >= 0.6 is 0 Å². The number of aromatic nitrogens is 1. The molecular formula is C20H26N4. The minimum absolute atomic E-state index is 0.633. The SMILES string of the molecule is Cc1ccc(Cn2c(C#N)cc(N)c2N2C[C@H](C)C[C@@H](C)C2)cc1. The van der Waals surface area contributed by atoms with Gasteiger partial charge in [0, 0.05) is 13.1 Å². The van der Waals surface area contributed by atoms with E-state index >= 15 is 0 Å². The number of anilines is 2. The summed E-state index contributed by atoms with van der Waals surface area (Å²) in [6, 6.07) is 12.6. The lowest BCUT2D eigenvalue weighted by Crippen LogP contribution is -2.40. The Labute approximate surface area is 144 Å². The van der Waals surface area contributed by atoms with Gasteiger partial charge in [0.15, 0.2) is 0 Å². The highest BCUT2D eigenvalue weighted by atomic mass is 15.3. The normalized spacial score (nSPS) is 20.8. The van der Waals surface area contributed by atoms with Gasteiger partial charge in [0.2, 0.25) is 0 Å². The van der Waals surface area contributed by atoms with E-state index in [4.69, 9.17) is 5.73 Å². The quantitative estimate of drug-likeness (QED) is 0.935. The predicted octanol–water partition coefficient (Wildman–Crippen LogP) is 3.78. The van der Waals surface area contributed by atoms with Gasteiger partial charge in [0.25, 0.3) is 0 Å². The minimum Gasteiger partial charge on any atom is -0.396 e. The predicted molar refractivity (Wildman–Crippen MR) is 99.0 cm³/mol. The second-order valence-electron chi connectivity index (χ2n) is 7.34. The first-order valence-corrected chi connectivity index (χ1v) is 8.67. The number of hydrogen-bond donors (Lipinski definition) is 1. The van der Waals surface area contributed by atoms with Crippen LogP contribution in [-0.4, -0.2) is 17.7 Å². The summed E-state index contributed by atoms with van der Waals surface area (Å²) in [6.07, 6.45) is 1.25. The molecule has 2 atom stereocenters. The maximum absolute atomic E-state index is 9.54. The van der Waals surface area contributed by atoms with E-state index in [1.54, 1.807) is 0 Å². The molecule has 4 nitrogen and oxygen atoms in total. The molecule has 1 aliphatic heterocycles. The van der Waals surface area contributed by atoms with Crippen LogP contribution < -0.4 is 10.6 Å². The number of nitrogens with zero attached hydrogens (tertiary/aromatic N) is 3. The molecule has 2 heterocycles. The first kappa shape index (κ1) is 16.4. The van der Waals surface area contributed by atoms with Crippen LogP contribution in [0, 0.1) is 30.1 Å². The molecule has 4 heteroatoms. The van der Waals surface area contributed by atoms with Gasteiger partial charge in [0.1, 0.15) is 17.6 Å². The highest BCUT2D eigenvalue weighted by molar-refractivity contribution is 5.68. The molecule has 0 aliphatic carbocycles. The average molecular weight is 322 g/mol. The molecule has 0 amide bonds. The molecule has 126 valence electrons. The fourth-order valence-electron chi connectivity index (χ4n) is 3.88.